The van der Waals surface area contributed by atoms with E-state index in [9.17, 15) is 9.59 Å². The molecule has 5 nitrogen and oxygen atoms in total. The third kappa shape index (κ3) is 2.94. The van der Waals surface area contributed by atoms with E-state index in [1.807, 2.05) is 0 Å². The van der Waals surface area contributed by atoms with Crippen molar-refractivity contribution in [3.63, 3.8) is 0 Å². The van der Waals surface area contributed by atoms with Crippen molar-refractivity contribution in [2.24, 2.45) is 0 Å². The monoisotopic (exact) mass is 245 g/mol. The van der Waals surface area contributed by atoms with Crippen LogP contribution in [-0.4, -0.2) is 35.3 Å². The van der Waals surface area contributed by atoms with Crippen LogP contribution in [0.3, 0.4) is 0 Å². The number of likely N-dealkylation sites (tertiary alicyclic amines) is 1. The van der Waals surface area contributed by atoms with Crippen LogP contribution in [0.2, 0.25) is 0 Å². The lowest BCUT2D eigenvalue weighted by Gasteiger charge is -2.16. The van der Waals surface area contributed by atoms with Crippen molar-refractivity contribution < 1.29 is 9.59 Å². The highest BCUT2D eigenvalue weighted by Crippen LogP contribution is 2.12. The molecule has 0 bridgehead atoms. The second-order valence-electron chi connectivity index (χ2n) is 4.10. The zero-order valence-corrected chi connectivity index (χ0v) is 10.0. The number of hydrogen-bond donors (Lipinski definition) is 1. The van der Waals surface area contributed by atoms with Crippen LogP contribution in [-0.2, 0) is 9.59 Å². The largest absolute Gasteiger partial charge is 0.337 e. The summed E-state index contributed by atoms with van der Waals surface area (Å²) in [5, 5.41) is 2.48. The first kappa shape index (κ1) is 12.3. The van der Waals surface area contributed by atoms with Gasteiger partial charge in [0.05, 0.1) is 0 Å². The molecule has 1 saturated heterocycles. The maximum Gasteiger partial charge on any atom is 0.270 e. The summed E-state index contributed by atoms with van der Waals surface area (Å²) in [5.74, 6) is -0.128. The molecular weight excluding hydrogens is 230 g/mol. The Morgan fingerprint density at radius 3 is 2.56 bits per heavy atom. The number of hydrogen-bond acceptors (Lipinski definition) is 3. The zero-order valence-electron chi connectivity index (χ0n) is 10.0. The number of pyridine rings is 1. The van der Waals surface area contributed by atoms with E-state index < -0.39 is 0 Å². The van der Waals surface area contributed by atoms with Crippen LogP contribution >= 0.6 is 0 Å². The Morgan fingerprint density at radius 2 is 1.94 bits per heavy atom. The summed E-state index contributed by atoms with van der Waals surface area (Å²) < 4.78 is 0. The Kier molecular flexibility index (Phi) is 4.06. The van der Waals surface area contributed by atoms with Crippen LogP contribution in [0.1, 0.15) is 18.4 Å². The van der Waals surface area contributed by atoms with Gasteiger partial charge in [-0.2, -0.15) is 0 Å². The SMILES string of the molecule is O=CNC(=Cc1ccncc1)C(=O)N1CCCC1. The Hall–Kier alpha value is -2.17. The van der Waals surface area contributed by atoms with Crippen molar-refractivity contribution in [2.75, 3.05) is 13.1 Å². The highest BCUT2D eigenvalue weighted by molar-refractivity contribution is 5.99. The van der Waals surface area contributed by atoms with E-state index in [2.05, 4.69) is 10.3 Å². The first-order valence-electron chi connectivity index (χ1n) is 5.92. The smallest absolute Gasteiger partial charge is 0.270 e. The summed E-state index contributed by atoms with van der Waals surface area (Å²) in [7, 11) is 0. The standard InChI is InChI=1S/C13H15N3O2/c17-10-15-12(9-11-3-5-14-6-4-11)13(18)16-7-1-2-8-16/h3-6,9-10H,1-2,7-8H2,(H,15,17). The van der Waals surface area contributed by atoms with E-state index in [0.29, 0.717) is 12.1 Å². The molecular formula is C13H15N3O2. The molecule has 0 radical (unpaired) electrons. The van der Waals surface area contributed by atoms with Gasteiger partial charge in [-0.1, -0.05) is 0 Å². The van der Waals surface area contributed by atoms with Gasteiger partial charge in [-0.3, -0.25) is 14.6 Å². The average Bonchev–Trinajstić information content (AvgIpc) is 2.92. The predicted octanol–water partition coefficient (Wildman–Crippen LogP) is 0.791. The van der Waals surface area contributed by atoms with Gasteiger partial charge in [0, 0.05) is 25.5 Å². The van der Waals surface area contributed by atoms with Gasteiger partial charge in [0.25, 0.3) is 5.91 Å². The Balaban J connectivity index is 2.19. The van der Waals surface area contributed by atoms with Crippen LogP contribution in [0.15, 0.2) is 30.2 Å². The van der Waals surface area contributed by atoms with Gasteiger partial charge in [0.2, 0.25) is 6.41 Å². The number of rotatable bonds is 4. The van der Waals surface area contributed by atoms with Crippen molar-refractivity contribution in [1.29, 1.82) is 0 Å². The molecule has 0 atom stereocenters. The van der Waals surface area contributed by atoms with Gasteiger partial charge >= 0.3 is 0 Å². The van der Waals surface area contributed by atoms with Crippen LogP contribution in [0.25, 0.3) is 6.08 Å². The van der Waals surface area contributed by atoms with Gasteiger partial charge in [-0.25, -0.2) is 0 Å². The van der Waals surface area contributed by atoms with Crippen LogP contribution in [0, 0.1) is 0 Å². The van der Waals surface area contributed by atoms with Crippen molar-refractivity contribution in [3.05, 3.63) is 35.8 Å². The fraction of sp³-hybridized carbons (Fsp3) is 0.308. The van der Waals surface area contributed by atoms with E-state index in [-0.39, 0.29) is 5.91 Å². The van der Waals surface area contributed by atoms with Crippen LogP contribution in [0.5, 0.6) is 0 Å². The molecule has 1 aliphatic rings. The molecule has 0 aliphatic carbocycles. The van der Waals surface area contributed by atoms with E-state index >= 15 is 0 Å². The molecule has 1 N–H and O–H groups in total. The lowest BCUT2D eigenvalue weighted by molar-refractivity contribution is -0.127. The number of aromatic nitrogens is 1. The van der Waals surface area contributed by atoms with Crippen LogP contribution in [0.4, 0.5) is 0 Å². The topological polar surface area (TPSA) is 62.3 Å². The maximum absolute atomic E-state index is 12.2. The predicted molar refractivity (Wildman–Crippen MR) is 67.2 cm³/mol. The molecule has 0 aromatic carbocycles. The third-order valence-corrected chi connectivity index (χ3v) is 2.86. The number of nitrogens with zero attached hydrogens (tertiary/aromatic N) is 2. The normalized spacial score (nSPS) is 15.6. The lowest BCUT2D eigenvalue weighted by Crippen LogP contribution is -2.33. The van der Waals surface area contributed by atoms with Crippen LogP contribution < -0.4 is 5.32 Å². The molecule has 1 aromatic rings. The van der Waals surface area contributed by atoms with E-state index in [4.69, 9.17) is 0 Å². The molecule has 0 saturated carbocycles. The average molecular weight is 245 g/mol. The van der Waals surface area contributed by atoms with Crippen molar-refractivity contribution in [2.45, 2.75) is 12.8 Å². The third-order valence-electron chi connectivity index (χ3n) is 2.86. The van der Waals surface area contributed by atoms with Gasteiger partial charge in [0.15, 0.2) is 0 Å². The Morgan fingerprint density at radius 1 is 1.28 bits per heavy atom. The summed E-state index contributed by atoms with van der Waals surface area (Å²) in [5.41, 5.74) is 1.14. The van der Waals surface area contributed by atoms with Crippen molar-refractivity contribution >= 4 is 18.4 Å². The highest BCUT2D eigenvalue weighted by Gasteiger charge is 2.21. The minimum Gasteiger partial charge on any atom is -0.337 e. The number of carbonyl (C=O) groups is 2. The quantitative estimate of drug-likeness (QED) is 0.630. The zero-order chi connectivity index (χ0) is 12.8. The molecule has 5 heteroatoms. The summed E-state index contributed by atoms with van der Waals surface area (Å²) in [6, 6.07) is 3.56. The van der Waals surface area contributed by atoms with Gasteiger partial charge in [-0.05, 0) is 36.6 Å². The van der Waals surface area contributed by atoms with E-state index in [1.165, 1.54) is 0 Å². The Labute approximate surface area is 106 Å². The highest BCUT2D eigenvalue weighted by atomic mass is 16.2. The first-order chi connectivity index (χ1) is 8.81. The van der Waals surface area contributed by atoms with Crippen molar-refractivity contribution in [1.82, 2.24) is 15.2 Å². The number of nitrogens with one attached hydrogen (secondary N) is 1. The number of amides is 2. The molecule has 2 amide bonds. The van der Waals surface area contributed by atoms with Gasteiger partial charge in [-0.15, -0.1) is 0 Å². The van der Waals surface area contributed by atoms with Gasteiger partial charge < -0.3 is 10.2 Å². The minimum absolute atomic E-state index is 0.128. The summed E-state index contributed by atoms with van der Waals surface area (Å²) >= 11 is 0. The summed E-state index contributed by atoms with van der Waals surface area (Å²) in [4.78, 5) is 28.4. The van der Waals surface area contributed by atoms with Crippen molar-refractivity contribution in [3.8, 4) is 0 Å². The summed E-state index contributed by atoms with van der Waals surface area (Å²) in [6.07, 6.45) is 7.53. The van der Waals surface area contributed by atoms with E-state index in [0.717, 1.165) is 31.5 Å². The molecule has 2 heterocycles. The molecule has 94 valence electrons. The fourth-order valence-electron chi connectivity index (χ4n) is 1.95. The van der Waals surface area contributed by atoms with E-state index in [1.54, 1.807) is 35.5 Å². The number of carbonyl (C=O) groups excluding carboxylic acids is 2. The Bertz CT molecular complexity index is 451. The lowest BCUT2D eigenvalue weighted by atomic mass is 10.2. The second-order valence-corrected chi connectivity index (χ2v) is 4.10. The minimum atomic E-state index is -0.128. The van der Waals surface area contributed by atoms with Gasteiger partial charge in [0.1, 0.15) is 5.70 Å². The molecule has 0 unspecified atom stereocenters. The molecule has 2 rings (SSSR count). The maximum atomic E-state index is 12.2. The fourth-order valence-corrected chi connectivity index (χ4v) is 1.95. The summed E-state index contributed by atoms with van der Waals surface area (Å²) in [6.45, 7) is 1.51. The molecule has 1 aliphatic heterocycles. The second kappa shape index (κ2) is 5.95. The molecule has 0 spiro atoms. The molecule has 1 fully saturated rings. The first-order valence-corrected chi connectivity index (χ1v) is 5.92. The molecule has 1 aromatic heterocycles. The molecule has 18 heavy (non-hydrogen) atoms.